The first-order chi connectivity index (χ1) is 11.8. The number of carbonyl (C=O) groups excluding carboxylic acids is 1. The Hall–Kier alpha value is -2.94. The zero-order chi connectivity index (χ0) is 18.6. The number of hydrogen-bond donors (Lipinski definition) is 1. The van der Waals surface area contributed by atoms with E-state index in [1.807, 2.05) is 0 Å². The maximum absolute atomic E-state index is 13.4. The van der Waals surface area contributed by atoms with Gasteiger partial charge >= 0.3 is 11.9 Å². The second kappa shape index (κ2) is 7.75. The van der Waals surface area contributed by atoms with Crippen LogP contribution in [0.4, 0.5) is 10.1 Å². The lowest BCUT2D eigenvalue weighted by Gasteiger charge is -2.08. The first-order valence-electron chi connectivity index (χ1n) is 6.99. The second-order valence-corrected chi connectivity index (χ2v) is 5.79. The highest BCUT2D eigenvalue weighted by Gasteiger charge is 2.21. The van der Waals surface area contributed by atoms with E-state index in [9.17, 15) is 24.1 Å². The second-order valence-electron chi connectivity index (χ2n) is 4.71. The summed E-state index contributed by atoms with van der Waals surface area (Å²) in [6.07, 6.45) is 0. The molecule has 0 saturated carbocycles. The van der Waals surface area contributed by atoms with Crippen LogP contribution < -0.4 is 0 Å². The van der Waals surface area contributed by atoms with Crippen LogP contribution in [0.5, 0.6) is 0 Å². The van der Waals surface area contributed by atoms with Crippen LogP contribution >= 0.6 is 11.8 Å². The topological polar surface area (TPSA) is 107 Å². The Kier molecular flexibility index (Phi) is 5.71. The summed E-state index contributed by atoms with van der Waals surface area (Å²) in [6.45, 7) is 1.72. The van der Waals surface area contributed by atoms with E-state index >= 15 is 0 Å². The average molecular weight is 365 g/mol. The van der Waals surface area contributed by atoms with Gasteiger partial charge in [-0.25, -0.2) is 14.0 Å². The van der Waals surface area contributed by atoms with Crippen molar-refractivity contribution in [2.45, 2.75) is 16.7 Å². The largest absolute Gasteiger partial charge is 0.478 e. The lowest BCUT2D eigenvalue weighted by molar-refractivity contribution is -0.387. The standard InChI is InChI=1S/C16H12FNO6S/c1-2-24-16(21)9-3-6-13(12(7-9)18(22)23)25-14-8-10(17)4-5-11(14)15(19)20/h3-8H,2H2,1H3,(H,19,20). The number of ether oxygens (including phenoxy) is 1. The van der Waals surface area contributed by atoms with Crippen molar-refractivity contribution in [2.75, 3.05) is 6.61 Å². The smallest absolute Gasteiger partial charge is 0.338 e. The predicted octanol–water partition coefficient (Wildman–Crippen LogP) is 3.76. The van der Waals surface area contributed by atoms with Crippen LogP contribution in [0.15, 0.2) is 46.2 Å². The summed E-state index contributed by atoms with van der Waals surface area (Å²) in [6, 6.07) is 6.72. The van der Waals surface area contributed by atoms with E-state index in [1.54, 1.807) is 6.92 Å². The summed E-state index contributed by atoms with van der Waals surface area (Å²) >= 11 is 0.731. The van der Waals surface area contributed by atoms with Crippen LogP contribution in [0.1, 0.15) is 27.6 Å². The predicted molar refractivity (Wildman–Crippen MR) is 86.5 cm³/mol. The van der Waals surface area contributed by atoms with E-state index in [-0.39, 0.29) is 27.5 Å². The molecule has 7 nitrogen and oxygen atoms in total. The number of aromatic carboxylic acids is 1. The van der Waals surface area contributed by atoms with E-state index in [2.05, 4.69) is 0 Å². The van der Waals surface area contributed by atoms with Gasteiger partial charge in [-0.05, 0) is 37.3 Å². The molecular formula is C16H12FNO6S. The molecular weight excluding hydrogens is 353 g/mol. The lowest BCUT2D eigenvalue weighted by atomic mass is 10.2. The van der Waals surface area contributed by atoms with Gasteiger partial charge in [0.05, 0.1) is 27.6 Å². The van der Waals surface area contributed by atoms with Crippen LogP contribution in [-0.2, 0) is 4.74 Å². The summed E-state index contributed by atoms with van der Waals surface area (Å²) in [4.78, 5) is 33.6. The van der Waals surface area contributed by atoms with Crippen molar-refractivity contribution < 1.29 is 28.7 Å². The molecule has 2 aromatic carbocycles. The van der Waals surface area contributed by atoms with Gasteiger partial charge in [0.25, 0.3) is 5.69 Å². The fourth-order valence-corrected chi connectivity index (χ4v) is 3.01. The number of carboxylic acids is 1. The number of benzene rings is 2. The lowest BCUT2D eigenvalue weighted by Crippen LogP contribution is -2.05. The number of carboxylic acid groups (broad SMARTS) is 1. The summed E-state index contributed by atoms with van der Waals surface area (Å²) < 4.78 is 18.2. The number of halogens is 1. The molecule has 0 spiro atoms. The number of esters is 1. The van der Waals surface area contributed by atoms with E-state index in [1.165, 1.54) is 12.1 Å². The highest BCUT2D eigenvalue weighted by atomic mass is 32.2. The molecule has 0 atom stereocenters. The van der Waals surface area contributed by atoms with Gasteiger partial charge in [-0.2, -0.15) is 0 Å². The summed E-state index contributed by atoms with van der Waals surface area (Å²) in [7, 11) is 0. The van der Waals surface area contributed by atoms with Crippen molar-refractivity contribution >= 4 is 29.4 Å². The summed E-state index contributed by atoms with van der Waals surface area (Å²) in [5, 5.41) is 20.4. The molecule has 0 unspecified atom stereocenters. The van der Waals surface area contributed by atoms with Crippen LogP contribution in [0, 0.1) is 15.9 Å². The molecule has 9 heteroatoms. The Balaban J connectivity index is 2.47. The maximum atomic E-state index is 13.4. The molecule has 2 aromatic rings. The van der Waals surface area contributed by atoms with Crippen molar-refractivity contribution in [3.8, 4) is 0 Å². The number of rotatable bonds is 6. The van der Waals surface area contributed by atoms with Crippen molar-refractivity contribution in [1.29, 1.82) is 0 Å². The highest BCUT2D eigenvalue weighted by Crippen LogP contribution is 2.37. The Morgan fingerprint density at radius 1 is 1.24 bits per heavy atom. The fraction of sp³-hybridized carbons (Fsp3) is 0.125. The summed E-state index contributed by atoms with van der Waals surface area (Å²) in [5.74, 6) is -2.66. The Labute approximate surface area is 145 Å². The Morgan fingerprint density at radius 3 is 2.56 bits per heavy atom. The van der Waals surface area contributed by atoms with Crippen LogP contribution in [0.25, 0.3) is 0 Å². The van der Waals surface area contributed by atoms with Gasteiger partial charge in [-0.15, -0.1) is 0 Å². The molecule has 0 fully saturated rings. The van der Waals surface area contributed by atoms with Gasteiger partial charge in [0.2, 0.25) is 0 Å². The molecule has 25 heavy (non-hydrogen) atoms. The minimum Gasteiger partial charge on any atom is -0.478 e. The monoisotopic (exact) mass is 365 g/mol. The van der Waals surface area contributed by atoms with E-state index in [0.29, 0.717) is 0 Å². The van der Waals surface area contributed by atoms with Gasteiger partial charge in [0.1, 0.15) is 5.82 Å². The van der Waals surface area contributed by atoms with Crippen molar-refractivity contribution in [2.24, 2.45) is 0 Å². The molecule has 130 valence electrons. The highest BCUT2D eigenvalue weighted by molar-refractivity contribution is 7.99. The molecule has 0 aliphatic heterocycles. The third-order valence-corrected chi connectivity index (χ3v) is 4.18. The first kappa shape index (κ1) is 18.4. The van der Waals surface area contributed by atoms with Crippen molar-refractivity contribution in [3.63, 3.8) is 0 Å². The molecule has 0 radical (unpaired) electrons. The van der Waals surface area contributed by atoms with Gasteiger partial charge < -0.3 is 9.84 Å². The molecule has 0 aliphatic rings. The van der Waals surface area contributed by atoms with Gasteiger partial charge in [0.15, 0.2) is 0 Å². The zero-order valence-electron chi connectivity index (χ0n) is 12.9. The first-order valence-corrected chi connectivity index (χ1v) is 7.81. The number of nitrogens with zero attached hydrogens (tertiary/aromatic N) is 1. The molecule has 0 saturated heterocycles. The average Bonchev–Trinajstić information content (AvgIpc) is 2.55. The minimum absolute atomic E-state index is 0.00407. The van der Waals surface area contributed by atoms with E-state index in [0.717, 1.165) is 36.0 Å². The molecule has 0 bridgehead atoms. The zero-order valence-corrected chi connectivity index (χ0v) is 13.7. The van der Waals surface area contributed by atoms with Gasteiger partial charge in [-0.3, -0.25) is 10.1 Å². The molecule has 0 amide bonds. The molecule has 0 aromatic heterocycles. The van der Waals surface area contributed by atoms with Crippen LogP contribution in [0.3, 0.4) is 0 Å². The van der Waals surface area contributed by atoms with Gasteiger partial charge in [0, 0.05) is 11.0 Å². The number of carbonyl (C=O) groups is 2. The van der Waals surface area contributed by atoms with Crippen LogP contribution in [0.2, 0.25) is 0 Å². The normalized spacial score (nSPS) is 10.3. The molecule has 0 heterocycles. The number of nitro benzene ring substituents is 1. The number of hydrogen-bond acceptors (Lipinski definition) is 6. The third-order valence-electron chi connectivity index (χ3n) is 3.06. The fourth-order valence-electron chi connectivity index (χ4n) is 1.96. The third kappa shape index (κ3) is 4.32. The van der Waals surface area contributed by atoms with E-state index < -0.39 is 28.4 Å². The number of nitro groups is 1. The Morgan fingerprint density at radius 2 is 1.96 bits per heavy atom. The molecule has 1 N–H and O–H groups in total. The molecule has 0 aliphatic carbocycles. The van der Waals surface area contributed by atoms with Crippen molar-refractivity contribution in [3.05, 3.63) is 63.5 Å². The Bertz CT molecular complexity index is 855. The van der Waals surface area contributed by atoms with Gasteiger partial charge in [-0.1, -0.05) is 11.8 Å². The summed E-state index contributed by atoms with van der Waals surface area (Å²) in [5.41, 5.74) is -0.595. The quantitative estimate of drug-likeness (QED) is 0.472. The van der Waals surface area contributed by atoms with E-state index in [4.69, 9.17) is 9.84 Å². The van der Waals surface area contributed by atoms with Crippen molar-refractivity contribution in [1.82, 2.24) is 0 Å². The minimum atomic E-state index is -1.28. The SMILES string of the molecule is CCOC(=O)c1ccc(Sc2cc(F)ccc2C(=O)O)c([N+](=O)[O-])c1. The molecule has 2 rings (SSSR count). The van der Waals surface area contributed by atoms with Crippen LogP contribution in [-0.4, -0.2) is 28.6 Å². The maximum Gasteiger partial charge on any atom is 0.338 e.